The second-order valence-electron chi connectivity index (χ2n) is 7.08. The molecule has 132 valence electrons. The van der Waals surface area contributed by atoms with Crippen molar-refractivity contribution in [2.45, 2.75) is 43.5 Å². The summed E-state index contributed by atoms with van der Waals surface area (Å²) in [6.45, 7) is 1.98. The Labute approximate surface area is 148 Å². The zero-order valence-corrected chi connectivity index (χ0v) is 15.1. The zero-order chi connectivity index (χ0) is 17.6. The fraction of sp³-hybridized carbons (Fsp3) is 0.421. The SMILES string of the molecule is C[C@@H]1CCCC[C@@H]1NC(=O)CN1c2cccc3cccc(c23)S1(=O)=O. The summed E-state index contributed by atoms with van der Waals surface area (Å²) in [6, 6.07) is 10.9. The summed E-state index contributed by atoms with van der Waals surface area (Å²) in [7, 11) is -3.68. The quantitative estimate of drug-likeness (QED) is 0.917. The first-order valence-electron chi connectivity index (χ1n) is 8.82. The second kappa shape index (κ2) is 6.02. The molecule has 0 spiro atoms. The molecule has 2 atom stereocenters. The van der Waals surface area contributed by atoms with Crippen LogP contribution < -0.4 is 9.62 Å². The first kappa shape index (κ1) is 16.4. The van der Waals surface area contributed by atoms with Crippen molar-refractivity contribution in [1.82, 2.24) is 5.32 Å². The zero-order valence-electron chi connectivity index (χ0n) is 14.2. The van der Waals surface area contributed by atoms with Gasteiger partial charge in [0, 0.05) is 11.4 Å². The van der Waals surface area contributed by atoms with E-state index in [2.05, 4.69) is 12.2 Å². The molecular formula is C19H22N2O3S. The number of carbonyl (C=O) groups is 1. The van der Waals surface area contributed by atoms with E-state index in [1.54, 1.807) is 18.2 Å². The van der Waals surface area contributed by atoms with E-state index in [0.717, 1.165) is 24.6 Å². The van der Waals surface area contributed by atoms with Crippen molar-refractivity contribution in [3.63, 3.8) is 0 Å². The molecule has 4 rings (SSSR count). The number of carbonyl (C=O) groups excluding carboxylic acids is 1. The van der Waals surface area contributed by atoms with Crippen LogP contribution in [0.1, 0.15) is 32.6 Å². The summed E-state index contributed by atoms with van der Waals surface area (Å²) in [4.78, 5) is 12.8. The average molecular weight is 358 g/mol. The highest BCUT2D eigenvalue weighted by Crippen LogP contribution is 2.41. The summed E-state index contributed by atoms with van der Waals surface area (Å²) in [5.74, 6) is 0.209. The monoisotopic (exact) mass is 358 g/mol. The third-order valence-corrected chi connectivity index (χ3v) is 7.23. The minimum Gasteiger partial charge on any atom is -0.352 e. The molecule has 25 heavy (non-hydrogen) atoms. The van der Waals surface area contributed by atoms with Gasteiger partial charge in [0.2, 0.25) is 5.91 Å². The normalized spacial score (nSPS) is 24.4. The van der Waals surface area contributed by atoms with Gasteiger partial charge in [-0.15, -0.1) is 0 Å². The number of amides is 1. The van der Waals surface area contributed by atoms with E-state index < -0.39 is 10.0 Å². The number of nitrogens with one attached hydrogen (secondary N) is 1. The Morgan fingerprint density at radius 3 is 2.64 bits per heavy atom. The highest BCUT2D eigenvalue weighted by Gasteiger charge is 2.37. The van der Waals surface area contributed by atoms with E-state index in [1.807, 2.05) is 18.2 Å². The first-order chi connectivity index (χ1) is 12.0. The molecule has 2 aromatic carbocycles. The third kappa shape index (κ3) is 2.68. The topological polar surface area (TPSA) is 66.5 Å². The number of sulfonamides is 1. The number of hydrogen-bond donors (Lipinski definition) is 1. The molecule has 5 nitrogen and oxygen atoms in total. The van der Waals surface area contributed by atoms with Crippen molar-refractivity contribution in [1.29, 1.82) is 0 Å². The van der Waals surface area contributed by atoms with Gasteiger partial charge in [-0.2, -0.15) is 0 Å². The van der Waals surface area contributed by atoms with Gasteiger partial charge in [0.05, 0.1) is 10.6 Å². The van der Waals surface area contributed by atoms with Crippen LogP contribution in [0.2, 0.25) is 0 Å². The van der Waals surface area contributed by atoms with Crippen molar-refractivity contribution in [2.75, 3.05) is 10.8 Å². The summed E-state index contributed by atoms with van der Waals surface area (Å²) in [5, 5.41) is 4.64. The van der Waals surface area contributed by atoms with Crippen molar-refractivity contribution >= 4 is 32.4 Å². The van der Waals surface area contributed by atoms with Crippen LogP contribution in [0.4, 0.5) is 5.69 Å². The highest BCUT2D eigenvalue weighted by atomic mass is 32.2. The Morgan fingerprint density at radius 1 is 1.16 bits per heavy atom. The molecule has 2 aliphatic rings. The number of benzene rings is 2. The van der Waals surface area contributed by atoms with E-state index in [0.29, 0.717) is 21.9 Å². The van der Waals surface area contributed by atoms with Gasteiger partial charge < -0.3 is 5.32 Å². The molecule has 1 heterocycles. The van der Waals surface area contributed by atoms with Gasteiger partial charge in [-0.3, -0.25) is 9.10 Å². The first-order valence-corrected chi connectivity index (χ1v) is 10.3. The maximum absolute atomic E-state index is 12.9. The van der Waals surface area contributed by atoms with Gasteiger partial charge in [0.1, 0.15) is 6.54 Å². The minimum atomic E-state index is -3.68. The molecule has 1 N–H and O–H groups in total. The Kier molecular flexibility index (Phi) is 3.95. The van der Waals surface area contributed by atoms with E-state index in [1.165, 1.54) is 10.7 Å². The molecule has 1 aliphatic carbocycles. The number of rotatable bonds is 3. The summed E-state index contributed by atoms with van der Waals surface area (Å²) >= 11 is 0. The van der Waals surface area contributed by atoms with E-state index in [-0.39, 0.29) is 18.5 Å². The van der Waals surface area contributed by atoms with Crippen LogP contribution in [-0.2, 0) is 14.8 Å². The van der Waals surface area contributed by atoms with E-state index >= 15 is 0 Å². The minimum absolute atomic E-state index is 0.143. The molecular weight excluding hydrogens is 336 g/mol. The molecule has 0 saturated heterocycles. The Hall–Kier alpha value is -2.08. The van der Waals surface area contributed by atoms with Crippen molar-refractivity contribution in [3.05, 3.63) is 36.4 Å². The molecule has 0 bridgehead atoms. The lowest BCUT2D eigenvalue weighted by molar-refractivity contribution is -0.120. The Morgan fingerprint density at radius 2 is 1.88 bits per heavy atom. The van der Waals surface area contributed by atoms with Crippen LogP contribution >= 0.6 is 0 Å². The number of anilines is 1. The van der Waals surface area contributed by atoms with Crippen LogP contribution in [0.15, 0.2) is 41.3 Å². The van der Waals surface area contributed by atoms with E-state index in [4.69, 9.17) is 0 Å². The van der Waals surface area contributed by atoms with Crippen molar-refractivity contribution < 1.29 is 13.2 Å². The molecule has 6 heteroatoms. The molecule has 1 fully saturated rings. The summed E-state index contributed by atoms with van der Waals surface area (Å²) < 4.78 is 27.0. The predicted molar refractivity (Wildman–Crippen MR) is 98.0 cm³/mol. The molecule has 0 aromatic heterocycles. The summed E-state index contributed by atoms with van der Waals surface area (Å²) in [6.07, 6.45) is 4.39. The van der Waals surface area contributed by atoms with Crippen LogP contribution in [0.5, 0.6) is 0 Å². The van der Waals surface area contributed by atoms with Crippen LogP contribution in [0, 0.1) is 5.92 Å². The number of hydrogen-bond acceptors (Lipinski definition) is 3. The lowest BCUT2D eigenvalue weighted by Gasteiger charge is -2.30. The standard InChI is InChI=1S/C19H22N2O3S/c1-13-6-2-3-9-15(13)20-18(22)12-21-16-10-4-7-14-8-5-11-17(19(14)16)25(21,23)24/h4-5,7-8,10-11,13,15H,2-3,6,9,12H2,1H3,(H,20,22)/t13-,15+/m1/s1. The van der Waals surface area contributed by atoms with Crippen LogP contribution in [0.25, 0.3) is 10.8 Å². The second-order valence-corrected chi connectivity index (χ2v) is 8.91. The lowest BCUT2D eigenvalue weighted by Crippen LogP contribution is -2.46. The van der Waals surface area contributed by atoms with Crippen LogP contribution in [-0.4, -0.2) is 26.9 Å². The molecule has 1 amide bonds. The van der Waals surface area contributed by atoms with E-state index in [9.17, 15) is 13.2 Å². The lowest BCUT2D eigenvalue weighted by atomic mass is 9.86. The van der Waals surface area contributed by atoms with Crippen molar-refractivity contribution in [3.8, 4) is 0 Å². The van der Waals surface area contributed by atoms with Gasteiger partial charge in [0.25, 0.3) is 10.0 Å². The largest absolute Gasteiger partial charge is 0.352 e. The van der Waals surface area contributed by atoms with Gasteiger partial charge in [-0.1, -0.05) is 44.0 Å². The molecule has 1 aliphatic heterocycles. The smallest absolute Gasteiger partial charge is 0.265 e. The van der Waals surface area contributed by atoms with Gasteiger partial charge in [-0.25, -0.2) is 8.42 Å². The fourth-order valence-electron chi connectivity index (χ4n) is 4.04. The van der Waals surface area contributed by atoms with Gasteiger partial charge >= 0.3 is 0 Å². The highest BCUT2D eigenvalue weighted by molar-refractivity contribution is 7.93. The van der Waals surface area contributed by atoms with Crippen molar-refractivity contribution in [2.24, 2.45) is 5.92 Å². The Bertz CT molecular complexity index is 934. The van der Waals surface area contributed by atoms with Crippen LogP contribution in [0.3, 0.4) is 0 Å². The molecule has 0 unspecified atom stereocenters. The van der Waals surface area contributed by atoms with Gasteiger partial charge in [0.15, 0.2) is 0 Å². The molecule has 1 saturated carbocycles. The maximum atomic E-state index is 12.9. The maximum Gasteiger partial charge on any atom is 0.265 e. The number of nitrogens with zero attached hydrogens (tertiary/aromatic N) is 1. The fourth-order valence-corrected chi connectivity index (χ4v) is 5.71. The van der Waals surface area contributed by atoms with Gasteiger partial charge in [-0.05, 0) is 36.3 Å². The summed E-state index contributed by atoms with van der Waals surface area (Å²) in [5.41, 5.74) is 0.597. The molecule has 0 radical (unpaired) electrons. The predicted octanol–water partition coefficient (Wildman–Crippen LogP) is 3.04. The third-order valence-electron chi connectivity index (χ3n) is 5.43. The average Bonchev–Trinajstić information content (AvgIpc) is 2.81. The molecule has 2 aromatic rings. The Balaban J connectivity index is 1.61.